The van der Waals surface area contributed by atoms with Crippen LogP contribution in [0, 0.1) is 0 Å². The van der Waals surface area contributed by atoms with Crippen LogP contribution < -0.4 is 0 Å². The average Bonchev–Trinajstić information content (AvgIpc) is 2.37. The van der Waals surface area contributed by atoms with Crippen molar-refractivity contribution in [2.45, 2.75) is 19.4 Å². The van der Waals surface area contributed by atoms with Crippen LogP contribution in [0.3, 0.4) is 0 Å². The first-order chi connectivity index (χ1) is 7.86. The summed E-state index contributed by atoms with van der Waals surface area (Å²) in [6.45, 7) is 7.82. The number of rotatable bonds is 6. The van der Waals surface area contributed by atoms with Crippen molar-refractivity contribution < 1.29 is 8.95 Å². The summed E-state index contributed by atoms with van der Waals surface area (Å²) >= 11 is 2.83. The van der Waals surface area contributed by atoms with Crippen molar-refractivity contribution in [2.24, 2.45) is 0 Å². The zero-order valence-corrected chi connectivity index (χ0v) is 10.0. The van der Waals surface area contributed by atoms with E-state index in [2.05, 4.69) is 50.0 Å². The molecule has 0 atom stereocenters. The van der Waals surface area contributed by atoms with Crippen LogP contribution in [-0.4, -0.2) is 4.21 Å². The Kier molecular flexibility index (Phi) is 9.12. The molecular formula is C13H16O2S. The molecule has 0 spiro atoms. The Balaban J connectivity index is 0.00000106. The minimum atomic E-state index is 0.603. The minimum absolute atomic E-state index is 0.603. The van der Waals surface area contributed by atoms with E-state index >= 15 is 0 Å². The van der Waals surface area contributed by atoms with Crippen LogP contribution >= 0.6 is 0 Å². The van der Waals surface area contributed by atoms with Crippen LogP contribution in [0.15, 0.2) is 49.8 Å². The van der Waals surface area contributed by atoms with Gasteiger partial charge in [-0.2, -0.15) is 4.21 Å². The lowest BCUT2D eigenvalue weighted by atomic mass is 10.1. The van der Waals surface area contributed by atoms with Gasteiger partial charge in [-0.3, -0.25) is 0 Å². The molecule has 0 aliphatic heterocycles. The van der Waals surface area contributed by atoms with Crippen LogP contribution in [0.25, 0.3) is 0 Å². The van der Waals surface area contributed by atoms with E-state index in [0.29, 0.717) is 6.61 Å². The third-order valence-corrected chi connectivity index (χ3v) is 2.00. The van der Waals surface area contributed by atoms with E-state index in [1.165, 1.54) is 17.4 Å². The fourth-order valence-corrected chi connectivity index (χ4v) is 1.30. The fourth-order valence-electron chi connectivity index (χ4n) is 1.30. The van der Waals surface area contributed by atoms with Gasteiger partial charge in [-0.05, 0) is 24.0 Å². The Morgan fingerprint density at radius 1 is 1.25 bits per heavy atom. The highest BCUT2D eigenvalue weighted by Crippen LogP contribution is 2.09. The van der Waals surface area contributed by atoms with Gasteiger partial charge in [0.05, 0.1) is 6.26 Å². The maximum atomic E-state index is 7.83. The Bertz CT molecular complexity index is 296. The summed E-state index contributed by atoms with van der Waals surface area (Å²) < 4.78 is 13.0. The molecule has 0 N–H and O–H groups in total. The summed E-state index contributed by atoms with van der Waals surface area (Å²) in [5.74, 6) is 0. The Labute approximate surface area is 102 Å². The zero-order chi connectivity index (χ0) is 12.2. The molecule has 0 saturated carbocycles. The predicted molar refractivity (Wildman–Crippen MR) is 68.1 cm³/mol. The SMILES string of the molecule is C=CCCc1cccc(COC=C)c1.O=S. The number of hydrogen-bond acceptors (Lipinski definition) is 3. The Morgan fingerprint density at radius 2 is 1.94 bits per heavy atom. The van der Waals surface area contributed by atoms with Gasteiger partial charge in [0.15, 0.2) is 12.5 Å². The van der Waals surface area contributed by atoms with E-state index in [0.717, 1.165) is 12.8 Å². The van der Waals surface area contributed by atoms with Crippen LogP contribution in [0.2, 0.25) is 0 Å². The molecule has 0 fully saturated rings. The molecular weight excluding hydrogens is 220 g/mol. The van der Waals surface area contributed by atoms with Crippen LogP contribution in [-0.2, 0) is 30.3 Å². The highest BCUT2D eigenvalue weighted by atomic mass is 32.1. The second kappa shape index (κ2) is 10.1. The van der Waals surface area contributed by atoms with Gasteiger partial charge < -0.3 is 4.74 Å². The van der Waals surface area contributed by atoms with Crippen molar-refractivity contribution in [3.63, 3.8) is 0 Å². The highest BCUT2D eigenvalue weighted by molar-refractivity contribution is 7.44. The normalized spacial score (nSPS) is 8.50. The number of aryl methyl sites for hydroxylation is 1. The molecule has 0 radical (unpaired) electrons. The van der Waals surface area contributed by atoms with Crippen LogP contribution in [0.1, 0.15) is 17.5 Å². The van der Waals surface area contributed by atoms with Crippen LogP contribution in [0.4, 0.5) is 0 Å². The summed E-state index contributed by atoms with van der Waals surface area (Å²) in [6, 6.07) is 8.40. The molecule has 1 aromatic carbocycles. The van der Waals surface area contributed by atoms with E-state index < -0.39 is 0 Å². The van der Waals surface area contributed by atoms with Gasteiger partial charge >= 0.3 is 0 Å². The summed E-state index contributed by atoms with van der Waals surface area (Å²) in [7, 11) is 0. The summed E-state index contributed by atoms with van der Waals surface area (Å²) in [6.07, 6.45) is 5.47. The summed E-state index contributed by atoms with van der Waals surface area (Å²) in [4.78, 5) is 0. The van der Waals surface area contributed by atoms with Crippen molar-refractivity contribution in [2.75, 3.05) is 0 Å². The Morgan fingerprint density at radius 3 is 2.56 bits per heavy atom. The minimum Gasteiger partial charge on any atom is -0.497 e. The monoisotopic (exact) mass is 236 g/mol. The molecule has 1 aromatic rings. The van der Waals surface area contributed by atoms with Gasteiger partial charge in [0.25, 0.3) is 0 Å². The molecule has 0 aliphatic carbocycles. The molecule has 0 saturated heterocycles. The highest BCUT2D eigenvalue weighted by Gasteiger charge is 1.94. The topological polar surface area (TPSA) is 26.3 Å². The van der Waals surface area contributed by atoms with E-state index in [4.69, 9.17) is 8.95 Å². The van der Waals surface area contributed by atoms with E-state index in [1.54, 1.807) is 0 Å². The van der Waals surface area contributed by atoms with Gasteiger partial charge in [-0.15, -0.1) is 6.58 Å². The van der Waals surface area contributed by atoms with E-state index in [1.807, 2.05) is 6.08 Å². The van der Waals surface area contributed by atoms with Crippen molar-refractivity contribution in [3.05, 3.63) is 60.9 Å². The smallest absolute Gasteiger partial charge is 0.197 e. The molecule has 0 aliphatic rings. The lowest BCUT2D eigenvalue weighted by molar-refractivity contribution is 0.237. The molecule has 86 valence electrons. The van der Waals surface area contributed by atoms with Gasteiger partial charge in [-0.1, -0.05) is 36.9 Å². The van der Waals surface area contributed by atoms with Crippen molar-refractivity contribution in [3.8, 4) is 0 Å². The van der Waals surface area contributed by atoms with Crippen molar-refractivity contribution in [1.82, 2.24) is 0 Å². The molecule has 0 heterocycles. The third-order valence-electron chi connectivity index (χ3n) is 2.00. The predicted octanol–water partition coefficient (Wildman–Crippen LogP) is 3.13. The standard InChI is InChI=1S/C13H16O.OS/c1-3-5-7-12-8-6-9-13(10-12)11-14-4-2;1-2/h3-4,6,8-10H,1-2,5,7,11H2;. The molecule has 0 aromatic heterocycles. The van der Waals surface area contributed by atoms with Gasteiger partial charge in [0.1, 0.15) is 6.61 Å². The first-order valence-electron chi connectivity index (χ1n) is 4.94. The zero-order valence-electron chi connectivity index (χ0n) is 9.22. The average molecular weight is 236 g/mol. The fraction of sp³-hybridized carbons (Fsp3) is 0.231. The quantitative estimate of drug-likeness (QED) is 0.560. The molecule has 1 rings (SSSR count). The van der Waals surface area contributed by atoms with Crippen molar-refractivity contribution >= 4 is 12.5 Å². The maximum Gasteiger partial charge on any atom is 0.197 e. The first-order valence-corrected chi connectivity index (χ1v) is 5.28. The number of allylic oxidation sites excluding steroid dienone is 1. The van der Waals surface area contributed by atoms with Gasteiger partial charge in [-0.25, -0.2) is 0 Å². The number of hydrogen-bond donors (Lipinski definition) is 0. The third kappa shape index (κ3) is 6.09. The molecule has 0 unspecified atom stereocenters. The van der Waals surface area contributed by atoms with Crippen molar-refractivity contribution in [1.29, 1.82) is 0 Å². The molecule has 16 heavy (non-hydrogen) atoms. The lowest BCUT2D eigenvalue weighted by Crippen LogP contribution is -1.89. The van der Waals surface area contributed by atoms with E-state index in [9.17, 15) is 0 Å². The molecule has 3 heteroatoms. The number of benzene rings is 1. The summed E-state index contributed by atoms with van der Waals surface area (Å²) in [5, 5.41) is 0. The van der Waals surface area contributed by atoms with Crippen LogP contribution in [0.5, 0.6) is 0 Å². The molecule has 0 bridgehead atoms. The number of ether oxygens (including phenoxy) is 1. The van der Waals surface area contributed by atoms with E-state index in [-0.39, 0.29) is 0 Å². The molecule has 0 amide bonds. The van der Waals surface area contributed by atoms with Gasteiger partial charge in [0.2, 0.25) is 0 Å². The first kappa shape index (κ1) is 14.5. The Hall–Kier alpha value is -1.48. The summed E-state index contributed by atoms with van der Waals surface area (Å²) in [5.41, 5.74) is 2.52. The largest absolute Gasteiger partial charge is 0.497 e. The lowest BCUT2D eigenvalue weighted by Gasteiger charge is -2.03. The van der Waals surface area contributed by atoms with Gasteiger partial charge in [0, 0.05) is 0 Å². The maximum absolute atomic E-state index is 7.83. The molecule has 2 nitrogen and oxygen atoms in total. The second-order valence-corrected chi connectivity index (χ2v) is 3.12. The second-order valence-electron chi connectivity index (χ2n) is 3.12.